The molecule has 3 atom stereocenters. The second kappa shape index (κ2) is 3.61. The van der Waals surface area contributed by atoms with Crippen molar-refractivity contribution in [2.45, 2.75) is 5.66 Å². The van der Waals surface area contributed by atoms with Crippen LogP contribution in [0.2, 0.25) is 0 Å². The summed E-state index contributed by atoms with van der Waals surface area (Å²) in [6.45, 7) is 0. The number of hydrogen-bond acceptors (Lipinski definition) is 1. The zero-order chi connectivity index (χ0) is 11.0. The highest BCUT2D eigenvalue weighted by molar-refractivity contribution is 7.75. The third-order valence-electron chi connectivity index (χ3n) is 3.28. The first-order valence-corrected chi connectivity index (χ1v) is 7.35. The fourth-order valence-corrected chi connectivity index (χ4v) is 5.29. The van der Waals surface area contributed by atoms with Gasteiger partial charge in [-0.05, 0) is 5.82 Å². The van der Waals surface area contributed by atoms with Crippen LogP contribution in [0.3, 0.4) is 0 Å². The van der Waals surface area contributed by atoms with Gasteiger partial charge in [0.25, 0.3) is 0 Å². The third kappa shape index (κ3) is 1.36. The molecule has 1 aromatic rings. The molecule has 2 heteroatoms. The zero-order valence-electron chi connectivity index (χ0n) is 8.86. The minimum atomic E-state index is -2.37. The number of benzene rings is 1. The zero-order valence-corrected chi connectivity index (χ0v) is 9.76. The summed E-state index contributed by atoms with van der Waals surface area (Å²) >= 11 is 0. The van der Waals surface area contributed by atoms with E-state index >= 15 is 0 Å². The average molecular weight is 228 g/mol. The summed E-state index contributed by atoms with van der Waals surface area (Å²) in [4.78, 5) is 0. The van der Waals surface area contributed by atoms with Gasteiger partial charge in [0.2, 0.25) is 0 Å². The van der Waals surface area contributed by atoms with E-state index in [4.69, 9.17) is 0 Å². The minimum absolute atomic E-state index is 0.139. The summed E-state index contributed by atoms with van der Waals surface area (Å²) in [6, 6.07) is 9.82. The lowest BCUT2D eigenvalue weighted by atomic mass is 10.0. The summed E-state index contributed by atoms with van der Waals surface area (Å²) in [6.07, 6.45) is 10.3. The van der Waals surface area contributed by atoms with Crippen molar-refractivity contribution >= 4 is 12.4 Å². The molecule has 1 aliphatic heterocycles. The molecule has 3 rings (SSSR count). The Labute approximate surface area is 95.6 Å². The van der Waals surface area contributed by atoms with Gasteiger partial charge < -0.3 is 4.57 Å². The Morgan fingerprint density at radius 3 is 2.50 bits per heavy atom. The van der Waals surface area contributed by atoms with Crippen LogP contribution >= 0.6 is 7.14 Å². The Balaban J connectivity index is 2.08. The monoisotopic (exact) mass is 228 g/mol. The number of rotatable bonds is 1. The van der Waals surface area contributed by atoms with E-state index in [1.165, 1.54) is 0 Å². The van der Waals surface area contributed by atoms with Crippen LogP contribution in [0.15, 0.2) is 66.5 Å². The fraction of sp³-hybridized carbons (Fsp3) is 0.143. The Morgan fingerprint density at radius 1 is 0.938 bits per heavy atom. The van der Waals surface area contributed by atoms with Crippen LogP contribution in [0.25, 0.3) is 0 Å². The SMILES string of the molecule is O=[P@@]1(c2ccccc2)C=C[C@H]2C=CC=C[C@H]21. The number of allylic oxidation sites excluding steroid dienone is 5. The van der Waals surface area contributed by atoms with Gasteiger partial charge >= 0.3 is 0 Å². The van der Waals surface area contributed by atoms with Gasteiger partial charge in [-0.1, -0.05) is 60.7 Å². The second-order valence-electron chi connectivity index (χ2n) is 4.22. The molecule has 0 spiro atoms. The van der Waals surface area contributed by atoms with Crippen LogP contribution in [0.4, 0.5) is 0 Å². The van der Waals surface area contributed by atoms with E-state index in [-0.39, 0.29) is 5.66 Å². The molecular formula is C14H13OP. The molecule has 1 heterocycles. The maximum absolute atomic E-state index is 13.0. The molecule has 16 heavy (non-hydrogen) atoms. The van der Waals surface area contributed by atoms with Crippen LogP contribution in [-0.2, 0) is 4.57 Å². The van der Waals surface area contributed by atoms with Gasteiger partial charge in [0, 0.05) is 16.9 Å². The summed E-state index contributed by atoms with van der Waals surface area (Å²) < 4.78 is 13.0. The van der Waals surface area contributed by atoms with Crippen molar-refractivity contribution in [3.05, 3.63) is 66.5 Å². The summed E-state index contributed by atoms with van der Waals surface area (Å²) in [7, 11) is -2.37. The highest BCUT2D eigenvalue weighted by Crippen LogP contribution is 2.59. The molecule has 0 aromatic heterocycles. The number of fused-ring (bicyclic) bond motifs is 1. The topological polar surface area (TPSA) is 17.1 Å². The molecule has 0 N–H and O–H groups in total. The van der Waals surface area contributed by atoms with Crippen LogP contribution in [0, 0.1) is 5.92 Å². The molecule has 0 unspecified atom stereocenters. The predicted octanol–water partition coefficient (Wildman–Crippen LogP) is 3.31. The Morgan fingerprint density at radius 2 is 1.69 bits per heavy atom. The molecule has 1 aromatic carbocycles. The summed E-state index contributed by atoms with van der Waals surface area (Å²) in [5.41, 5.74) is 0.139. The molecule has 1 aliphatic carbocycles. The maximum atomic E-state index is 13.0. The van der Waals surface area contributed by atoms with E-state index in [1.807, 2.05) is 48.3 Å². The number of hydrogen-bond donors (Lipinski definition) is 0. The van der Waals surface area contributed by atoms with Crippen LogP contribution < -0.4 is 5.30 Å². The quantitative estimate of drug-likeness (QED) is 0.674. The van der Waals surface area contributed by atoms with Gasteiger partial charge in [-0.2, -0.15) is 0 Å². The van der Waals surface area contributed by atoms with Crippen molar-refractivity contribution in [1.82, 2.24) is 0 Å². The lowest BCUT2D eigenvalue weighted by Gasteiger charge is -2.22. The molecule has 0 amide bonds. The Kier molecular flexibility index (Phi) is 2.22. The fourth-order valence-electron chi connectivity index (χ4n) is 2.42. The predicted molar refractivity (Wildman–Crippen MR) is 68.4 cm³/mol. The maximum Gasteiger partial charge on any atom is 0.143 e. The van der Waals surface area contributed by atoms with Crippen LogP contribution in [0.5, 0.6) is 0 Å². The van der Waals surface area contributed by atoms with Crippen molar-refractivity contribution in [3.8, 4) is 0 Å². The lowest BCUT2D eigenvalue weighted by Crippen LogP contribution is -2.17. The van der Waals surface area contributed by atoms with Crippen molar-refractivity contribution in [3.63, 3.8) is 0 Å². The normalized spacial score (nSPS) is 35.2. The average Bonchev–Trinajstić information content (AvgIpc) is 2.71. The Hall–Kier alpha value is -1.33. The van der Waals surface area contributed by atoms with E-state index in [0.29, 0.717) is 5.92 Å². The van der Waals surface area contributed by atoms with E-state index in [2.05, 4.69) is 18.2 Å². The van der Waals surface area contributed by atoms with Crippen molar-refractivity contribution in [2.24, 2.45) is 5.92 Å². The summed E-state index contributed by atoms with van der Waals surface area (Å²) in [5.74, 6) is 2.24. The van der Waals surface area contributed by atoms with Crippen molar-refractivity contribution < 1.29 is 4.57 Å². The molecule has 0 radical (unpaired) electrons. The second-order valence-corrected chi connectivity index (χ2v) is 7.05. The summed E-state index contributed by atoms with van der Waals surface area (Å²) in [5, 5.41) is 0.971. The molecule has 80 valence electrons. The van der Waals surface area contributed by atoms with E-state index in [9.17, 15) is 4.57 Å². The minimum Gasteiger partial charge on any atom is -0.314 e. The first-order chi connectivity index (χ1) is 7.81. The van der Waals surface area contributed by atoms with Gasteiger partial charge in [-0.3, -0.25) is 0 Å². The lowest BCUT2D eigenvalue weighted by molar-refractivity contribution is 0.580. The van der Waals surface area contributed by atoms with Gasteiger partial charge in [0.05, 0.1) is 0 Å². The molecular weight excluding hydrogens is 215 g/mol. The molecule has 0 bridgehead atoms. The van der Waals surface area contributed by atoms with E-state index in [0.717, 1.165) is 5.30 Å². The third-order valence-corrected chi connectivity index (χ3v) is 6.40. The highest BCUT2D eigenvalue weighted by Gasteiger charge is 2.39. The van der Waals surface area contributed by atoms with Crippen molar-refractivity contribution in [1.29, 1.82) is 0 Å². The van der Waals surface area contributed by atoms with Crippen LogP contribution in [0.1, 0.15) is 0 Å². The molecule has 0 fully saturated rings. The van der Waals surface area contributed by atoms with E-state index in [1.54, 1.807) is 0 Å². The molecule has 0 saturated carbocycles. The first kappa shape index (κ1) is 9.86. The smallest absolute Gasteiger partial charge is 0.143 e. The Bertz CT molecular complexity index is 525. The van der Waals surface area contributed by atoms with Gasteiger partial charge in [0.1, 0.15) is 7.14 Å². The van der Waals surface area contributed by atoms with Crippen LogP contribution in [-0.4, -0.2) is 5.66 Å². The molecule has 2 aliphatic rings. The highest BCUT2D eigenvalue weighted by atomic mass is 31.2. The van der Waals surface area contributed by atoms with E-state index < -0.39 is 7.14 Å². The molecule has 0 saturated heterocycles. The largest absolute Gasteiger partial charge is 0.314 e. The molecule has 1 nitrogen and oxygen atoms in total. The standard InChI is InChI=1S/C14H13OP/c15-16(13-7-2-1-3-8-13)11-10-12-6-4-5-9-14(12)16/h1-12,14H/t12-,14-,16-/m1/s1. The first-order valence-electron chi connectivity index (χ1n) is 5.50. The van der Waals surface area contributed by atoms with Gasteiger partial charge in [-0.15, -0.1) is 0 Å². The van der Waals surface area contributed by atoms with Gasteiger partial charge in [-0.25, -0.2) is 0 Å². The van der Waals surface area contributed by atoms with Gasteiger partial charge in [0.15, 0.2) is 0 Å². The van der Waals surface area contributed by atoms with Crippen molar-refractivity contribution in [2.75, 3.05) is 0 Å².